The average Bonchev–Trinajstić information content (AvgIpc) is 3.33. The lowest BCUT2D eigenvalue weighted by molar-refractivity contribution is 0.0916. The number of H-pyrrole nitrogens is 1. The van der Waals surface area contributed by atoms with Gasteiger partial charge in [0.15, 0.2) is 5.82 Å². The summed E-state index contributed by atoms with van der Waals surface area (Å²) in [7, 11) is 0. The molecular formula is C19H23N7O2. The summed E-state index contributed by atoms with van der Waals surface area (Å²) in [5.74, 6) is 0.489. The molecule has 0 spiro atoms. The van der Waals surface area contributed by atoms with Crippen molar-refractivity contribution < 1.29 is 4.79 Å². The maximum Gasteiger partial charge on any atom is 0.269 e. The van der Waals surface area contributed by atoms with E-state index >= 15 is 0 Å². The van der Waals surface area contributed by atoms with Crippen molar-refractivity contribution in [1.82, 2.24) is 35.1 Å². The Morgan fingerprint density at radius 1 is 1.14 bits per heavy atom. The molecular weight excluding hydrogens is 358 g/mol. The highest BCUT2D eigenvalue weighted by atomic mass is 16.2. The molecule has 0 radical (unpaired) electrons. The van der Waals surface area contributed by atoms with E-state index in [1.807, 2.05) is 19.9 Å². The quantitative estimate of drug-likeness (QED) is 0.714. The number of nitrogens with one attached hydrogen (secondary N) is 2. The van der Waals surface area contributed by atoms with E-state index in [-0.39, 0.29) is 23.6 Å². The Labute approximate surface area is 161 Å². The van der Waals surface area contributed by atoms with Crippen molar-refractivity contribution in [3.63, 3.8) is 0 Å². The molecule has 1 aliphatic rings. The highest BCUT2D eigenvalue weighted by Gasteiger charge is 2.25. The molecule has 146 valence electrons. The molecule has 3 aromatic rings. The first-order valence-corrected chi connectivity index (χ1v) is 9.45. The Kier molecular flexibility index (Phi) is 4.81. The second-order valence-corrected chi connectivity index (χ2v) is 7.26. The predicted molar refractivity (Wildman–Crippen MR) is 102 cm³/mol. The van der Waals surface area contributed by atoms with Gasteiger partial charge in [-0.2, -0.15) is 10.2 Å². The normalized spacial score (nSPS) is 19.5. The fraction of sp³-hybridized carbons (Fsp3) is 0.421. The van der Waals surface area contributed by atoms with Gasteiger partial charge in [0, 0.05) is 24.0 Å². The zero-order valence-electron chi connectivity index (χ0n) is 15.9. The number of carbonyl (C=O) groups is 1. The number of hydrogen-bond acceptors (Lipinski definition) is 5. The summed E-state index contributed by atoms with van der Waals surface area (Å²) in [6, 6.07) is 6.98. The van der Waals surface area contributed by atoms with Gasteiger partial charge in [-0.1, -0.05) is 0 Å². The molecule has 0 saturated heterocycles. The van der Waals surface area contributed by atoms with Crippen LogP contribution in [0.1, 0.15) is 53.6 Å². The van der Waals surface area contributed by atoms with E-state index in [1.54, 1.807) is 33.8 Å². The van der Waals surface area contributed by atoms with Gasteiger partial charge in [-0.05, 0) is 57.7 Å². The Morgan fingerprint density at radius 3 is 2.57 bits per heavy atom. The van der Waals surface area contributed by atoms with Crippen LogP contribution in [0.5, 0.6) is 0 Å². The van der Waals surface area contributed by atoms with Crippen LogP contribution in [-0.2, 0) is 0 Å². The molecule has 3 heterocycles. The first kappa shape index (κ1) is 18.1. The topological polar surface area (TPSA) is 110 Å². The van der Waals surface area contributed by atoms with Gasteiger partial charge in [0.25, 0.3) is 11.5 Å². The highest BCUT2D eigenvalue weighted by molar-refractivity contribution is 5.92. The smallest absolute Gasteiger partial charge is 0.269 e. The van der Waals surface area contributed by atoms with Crippen LogP contribution in [0.25, 0.3) is 5.82 Å². The zero-order chi connectivity index (χ0) is 19.7. The molecule has 9 heteroatoms. The molecule has 1 amide bonds. The van der Waals surface area contributed by atoms with Crippen LogP contribution in [0.2, 0.25) is 0 Å². The molecule has 1 saturated carbocycles. The van der Waals surface area contributed by atoms with Crippen LogP contribution in [0, 0.1) is 13.8 Å². The van der Waals surface area contributed by atoms with Crippen molar-refractivity contribution in [2.24, 2.45) is 0 Å². The van der Waals surface area contributed by atoms with Crippen LogP contribution in [-0.4, -0.2) is 41.7 Å². The van der Waals surface area contributed by atoms with E-state index in [1.165, 1.54) is 0 Å². The minimum Gasteiger partial charge on any atom is -0.348 e. The Balaban J connectivity index is 1.46. The molecule has 0 bridgehead atoms. The lowest BCUT2D eigenvalue weighted by Gasteiger charge is -2.29. The van der Waals surface area contributed by atoms with E-state index in [2.05, 4.69) is 25.7 Å². The van der Waals surface area contributed by atoms with E-state index in [9.17, 15) is 9.59 Å². The molecule has 1 fully saturated rings. The third kappa shape index (κ3) is 3.60. The molecule has 3 aromatic heterocycles. The van der Waals surface area contributed by atoms with E-state index in [4.69, 9.17) is 0 Å². The van der Waals surface area contributed by atoms with Crippen molar-refractivity contribution in [3.05, 3.63) is 57.9 Å². The first-order chi connectivity index (χ1) is 13.5. The standard InChI is InChI=1S/C19H23N7O2/c1-12-11-13(2)25(23-12)17-7-8-18(27)26(24-17)15-5-3-14(4-6-15)21-19(28)16-9-10-20-22-16/h7-11,14-15H,3-6H2,1-2H3,(H,20,22)(H,21,28). The number of hydrogen-bond donors (Lipinski definition) is 2. The first-order valence-electron chi connectivity index (χ1n) is 9.45. The SMILES string of the molecule is Cc1cc(C)n(-c2ccc(=O)n(C3CCC(NC(=O)c4ccn[nH]4)CC3)n2)n1. The summed E-state index contributed by atoms with van der Waals surface area (Å²) in [6.07, 6.45) is 4.70. The Hall–Kier alpha value is -3.23. The number of nitrogens with zero attached hydrogens (tertiary/aromatic N) is 5. The molecule has 1 aliphatic carbocycles. The summed E-state index contributed by atoms with van der Waals surface area (Å²) >= 11 is 0. The summed E-state index contributed by atoms with van der Waals surface area (Å²) in [5.41, 5.74) is 2.22. The van der Waals surface area contributed by atoms with Crippen molar-refractivity contribution in [2.75, 3.05) is 0 Å². The molecule has 2 N–H and O–H groups in total. The summed E-state index contributed by atoms with van der Waals surface area (Å²) < 4.78 is 3.32. The van der Waals surface area contributed by atoms with Gasteiger partial charge in [-0.3, -0.25) is 14.7 Å². The van der Waals surface area contributed by atoms with Crippen molar-refractivity contribution >= 4 is 5.91 Å². The molecule has 0 unspecified atom stereocenters. The fourth-order valence-electron chi connectivity index (χ4n) is 3.76. The number of aromatic nitrogens is 6. The maximum atomic E-state index is 12.4. The summed E-state index contributed by atoms with van der Waals surface area (Å²) in [5, 5.41) is 18.5. The van der Waals surface area contributed by atoms with Gasteiger partial charge in [-0.25, -0.2) is 9.36 Å². The molecule has 9 nitrogen and oxygen atoms in total. The average molecular weight is 381 g/mol. The monoisotopic (exact) mass is 381 g/mol. The van der Waals surface area contributed by atoms with E-state index in [0.717, 1.165) is 37.1 Å². The highest BCUT2D eigenvalue weighted by Crippen LogP contribution is 2.27. The minimum atomic E-state index is -0.150. The Morgan fingerprint density at radius 2 is 1.93 bits per heavy atom. The van der Waals surface area contributed by atoms with Crippen LogP contribution in [0.3, 0.4) is 0 Å². The lowest BCUT2D eigenvalue weighted by atomic mass is 9.91. The second kappa shape index (κ2) is 7.41. The largest absolute Gasteiger partial charge is 0.348 e. The lowest BCUT2D eigenvalue weighted by Crippen LogP contribution is -2.39. The van der Waals surface area contributed by atoms with Gasteiger partial charge in [0.2, 0.25) is 0 Å². The van der Waals surface area contributed by atoms with E-state index < -0.39 is 0 Å². The van der Waals surface area contributed by atoms with Gasteiger partial charge in [0.1, 0.15) is 5.69 Å². The second-order valence-electron chi connectivity index (χ2n) is 7.26. The molecule has 0 aromatic carbocycles. The zero-order valence-corrected chi connectivity index (χ0v) is 15.9. The molecule has 0 aliphatic heterocycles. The number of amides is 1. The van der Waals surface area contributed by atoms with Crippen molar-refractivity contribution in [2.45, 2.75) is 51.6 Å². The van der Waals surface area contributed by atoms with Crippen LogP contribution >= 0.6 is 0 Å². The van der Waals surface area contributed by atoms with Crippen molar-refractivity contribution in [3.8, 4) is 5.82 Å². The maximum absolute atomic E-state index is 12.4. The van der Waals surface area contributed by atoms with Gasteiger partial charge in [0.05, 0.1) is 11.7 Å². The number of rotatable bonds is 4. The molecule has 4 rings (SSSR count). The Bertz CT molecular complexity index is 1030. The van der Waals surface area contributed by atoms with E-state index in [0.29, 0.717) is 11.5 Å². The third-order valence-corrected chi connectivity index (χ3v) is 5.16. The van der Waals surface area contributed by atoms with Crippen LogP contribution < -0.4 is 10.9 Å². The van der Waals surface area contributed by atoms with Gasteiger partial charge < -0.3 is 5.32 Å². The van der Waals surface area contributed by atoms with Gasteiger partial charge >= 0.3 is 0 Å². The van der Waals surface area contributed by atoms with Gasteiger partial charge in [-0.15, -0.1) is 5.10 Å². The number of carbonyl (C=O) groups excluding carboxylic acids is 1. The summed E-state index contributed by atoms with van der Waals surface area (Å²) in [4.78, 5) is 24.6. The van der Waals surface area contributed by atoms with Crippen molar-refractivity contribution in [1.29, 1.82) is 0 Å². The van der Waals surface area contributed by atoms with Crippen LogP contribution in [0.4, 0.5) is 0 Å². The summed E-state index contributed by atoms with van der Waals surface area (Å²) in [6.45, 7) is 3.89. The molecule has 28 heavy (non-hydrogen) atoms. The molecule has 0 atom stereocenters. The van der Waals surface area contributed by atoms with Crippen LogP contribution in [0.15, 0.2) is 35.3 Å². The number of aryl methyl sites for hydroxylation is 2. The predicted octanol–water partition coefficient (Wildman–Crippen LogP) is 1.68. The third-order valence-electron chi connectivity index (χ3n) is 5.16. The number of aromatic amines is 1. The minimum absolute atomic E-state index is 0.0183. The fourth-order valence-corrected chi connectivity index (χ4v) is 3.76.